The maximum atomic E-state index is 11.1. The Bertz CT molecular complexity index is 601. The van der Waals surface area contributed by atoms with Crippen molar-refractivity contribution in [2.75, 3.05) is 0 Å². The molecule has 0 bridgehead atoms. The molecule has 0 fully saturated rings. The zero-order valence-electron chi connectivity index (χ0n) is 9.59. The van der Waals surface area contributed by atoms with Crippen LogP contribution in [0.2, 0.25) is 0 Å². The minimum Gasteiger partial charge on any atom is -0.325 e. The summed E-state index contributed by atoms with van der Waals surface area (Å²) in [6.07, 6.45) is 1.74. The van der Waals surface area contributed by atoms with Crippen LogP contribution in [0.3, 0.4) is 0 Å². The zero-order valence-corrected chi connectivity index (χ0v) is 10.4. The molecule has 1 heterocycles. The van der Waals surface area contributed by atoms with Crippen LogP contribution >= 0.6 is 12.2 Å². The summed E-state index contributed by atoms with van der Waals surface area (Å²) >= 11 is 5.12. The fraction of sp³-hybridized carbons (Fsp3) is 0.231. The summed E-state index contributed by atoms with van der Waals surface area (Å²) in [5.41, 5.74) is 1.11. The summed E-state index contributed by atoms with van der Waals surface area (Å²) in [6, 6.07) is 11.7. The topological polar surface area (TPSA) is 37.8 Å². The van der Waals surface area contributed by atoms with E-state index >= 15 is 0 Å². The smallest absolute Gasteiger partial charge is 0.251 e. The first-order valence-corrected chi connectivity index (χ1v) is 5.92. The van der Waals surface area contributed by atoms with E-state index in [1.54, 1.807) is 6.20 Å². The number of nitrogens with one attached hydrogen (secondary N) is 1. The molecule has 0 aliphatic carbocycles. The first kappa shape index (κ1) is 11.8. The van der Waals surface area contributed by atoms with Gasteiger partial charge in [0.15, 0.2) is 4.77 Å². The number of H-pyrrole nitrogens is 1. The molecule has 1 aromatic heterocycles. The molecule has 0 amide bonds. The SMILES string of the molecule is CC(Cn1ccc(=O)[nH]c1=S)c1ccccc1. The standard InChI is InChI=1S/C13H14N2OS/c1-10(11-5-3-2-4-6-11)9-15-8-7-12(16)14-13(15)17/h2-8,10H,9H2,1H3,(H,14,16,17). The van der Waals surface area contributed by atoms with Crippen LogP contribution in [0.25, 0.3) is 0 Å². The quantitative estimate of drug-likeness (QED) is 0.846. The molecular formula is C13H14N2OS. The van der Waals surface area contributed by atoms with Gasteiger partial charge in [0, 0.05) is 18.8 Å². The number of hydrogen-bond acceptors (Lipinski definition) is 2. The lowest BCUT2D eigenvalue weighted by molar-refractivity contribution is 0.577. The highest BCUT2D eigenvalue weighted by molar-refractivity contribution is 7.71. The third-order valence-electron chi connectivity index (χ3n) is 2.74. The second-order valence-electron chi connectivity index (χ2n) is 4.07. The molecule has 17 heavy (non-hydrogen) atoms. The van der Waals surface area contributed by atoms with Crippen molar-refractivity contribution in [3.63, 3.8) is 0 Å². The molecule has 0 saturated carbocycles. The first-order chi connectivity index (χ1) is 8.16. The summed E-state index contributed by atoms with van der Waals surface area (Å²) in [7, 11) is 0. The van der Waals surface area contributed by atoms with E-state index < -0.39 is 0 Å². The third kappa shape index (κ3) is 2.91. The average molecular weight is 246 g/mol. The maximum Gasteiger partial charge on any atom is 0.251 e. The highest BCUT2D eigenvalue weighted by Crippen LogP contribution is 2.16. The van der Waals surface area contributed by atoms with E-state index in [0.29, 0.717) is 10.7 Å². The largest absolute Gasteiger partial charge is 0.325 e. The van der Waals surface area contributed by atoms with Crippen molar-refractivity contribution in [3.8, 4) is 0 Å². The van der Waals surface area contributed by atoms with Gasteiger partial charge in [0.05, 0.1) is 0 Å². The number of rotatable bonds is 3. The van der Waals surface area contributed by atoms with Crippen molar-refractivity contribution >= 4 is 12.2 Å². The van der Waals surface area contributed by atoms with Gasteiger partial charge >= 0.3 is 0 Å². The number of aromatic amines is 1. The maximum absolute atomic E-state index is 11.1. The Morgan fingerprint density at radius 3 is 2.65 bits per heavy atom. The van der Waals surface area contributed by atoms with Crippen LogP contribution in [-0.4, -0.2) is 9.55 Å². The van der Waals surface area contributed by atoms with Gasteiger partial charge < -0.3 is 4.57 Å². The molecule has 0 spiro atoms. The second kappa shape index (κ2) is 5.10. The molecule has 2 aromatic rings. The molecule has 0 aliphatic rings. The lowest BCUT2D eigenvalue weighted by Gasteiger charge is -2.14. The number of aromatic nitrogens is 2. The predicted molar refractivity (Wildman–Crippen MR) is 70.7 cm³/mol. The predicted octanol–water partition coefficient (Wildman–Crippen LogP) is 2.71. The molecule has 0 saturated heterocycles. The van der Waals surface area contributed by atoms with Crippen molar-refractivity contribution in [2.24, 2.45) is 0 Å². The van der Waals surface area contributed by atoms with E-state index in [1.807, 2.05) is 22.8 Å². The van der Waals surface area contributed by atoms with Crippen LogP contribution < -0.4 is 5.56 Å². The van der Waals surface area contributed by atoms with E-state index in [2.05, 4.69) is 24.0 Å². The summed E-state index contributed by atoms with van der Waals surface area (Å²) in [5, 5.41) is 0. The van der Waals surface area contributed by atoms with Crippen LogP contribution in [0, 0.1) is 4.77 Å². The Labute approximate surface area is 105 Å². The molecule has 4 heteroatoms. The van der Waals surface area contributed by atoms with E-state index in [9.17, 15) is 4.79 Å². The van der Waals surface area contributed by atoms with Gasteiger partial charge in [-0.15, -0.1) is 0 Å². The minimum atomic E-state index is -0.154. The van der Waals surface area contributed by atoms with Crippen LogP contribution in [-0.2, 0) is 6.54 Å². The molecule has 1 aromatic carbocycles. The van der Waals surface area contributed by atoms with Crippen molar-refractivity contribution in [1.82, 2.24) is 9.55 Å². The molecule has 1 atom stereocenters. The highest BCUT2D eigenvalue weighted by atomic mass is 32.1. The van der Waals surface area contributed by atoms with E-state index in [-0.39, 0.29) is 5.56 Å². The van der Waals surface area contributed by atoms with Crippen molar-refractivity contribution in [2.45, 2.75) is 19.4 Å². The first-order valence-electron chi connectivity index (χ1n) is 5.51. The molecule has 3 nitrogen and oxygen atoms in total. The lowest BCUT2D eigenvalue weighted by atomic mass is 10.0. The molecule has 2 rings (SSSR count). The zero-order chi connectivity index (χ0) is 12.3. The Kier molecular flexibility index (Phi) is 3.54. The lowest BCUT2D eigenvalue weighted by Crippen LogP contribution is -2.14. The summed E-state index contributed by atoms with van der Waals surface area (Å²) in [6.45, 7) is 2.90. The number of nitrogens with zero attached hydrogens (tertiary/aromatic N) is 1. The van der Waals surface area contributed by atoms with Gasteiger partial charge in [0.1, 0.15) is 0 Å². The summed E-state index contributed by atoms with van der Waals surface area (Å²) in [5.74, 6) is 0.355. The minimum absolute atomic E-state index is 0.154. The molecule has 88 valence electrons. The average Bonchev–Trinajstić information content (AvgIpc) is 2.34. The fourth-order valence-electron chi connectivity index (χ4n) is 1.77. The molecular weight excluding hydrogens is 232 g/mol. The van der Waals surface area contributed by atoms with Crippen LogP contribution in [0.1, 0.15) is 18.4 Å². The second-order valence-corrected chi connectivity index (χ2v) is 4.46. The number of benzene rings is 1. The van der Waals surface area contributed by atoms with Gasteiger partial charge in [-0.25, -0.2) is 0 Å². The van der Waals surface area contributed by atoms with Gasteiger partial charge in [-0.3, -0.25) is 9.78 Å². The monoisotopic (exact) mass is 246 g/mol. The molecule has 1 N–H and O–H groups in total. The van der Waals surface area contributed by atoms with Crippen molar-refractivity contribution in [1.29, 1.82) is 0 Å². The Morgan fingerprint density at radius 2 is 2.00 bits per heavy atom. The highest BCUT2D eigenvalue weighted by Gasteiger charge is 2.05. The van der Waals surface area contributed by atoms with Crippen LogP contribution in [0.4, 0.5) is 0 Å². The summed E-state index contributed by atoms with van der Waals surface area (Å²) < 4.78 is 2.36. The Balaban J connectivity index is 2.22. The molecule has 0 aliphatic heterocycles. The van der Waals surface area contributed by atoms with Crippen molar-refractivity contribution in [3.05, 3.63) is 63.3 Å². The fourth-order valence-corrected chi connectivity index (χ4v) is 2.01. The van der Waals surface area contributed by atoms with Gasteiger partial charge in [-0.05, 0) is 23.7 Å². The van der Waals surface area contributed by atoms with E-state index in [4.69, 9.17) is 12.2 Å². The van der Waals surface area contributed by atoms with Crippen molar-refractivity contribution < 1.29 is 0 Å². The summed E-state index contributed by atoms with van der Waals surface area (Å²) in [4.78, 5) is 13.7. The number of hydrogen-bond donors (Lipinski definition) is 1. The molecule has 1 unspecified atom stereocenters. The van der Waals surface area contributed by atoms with Gasteiger partial charge in [0.2, 0.25) is 0 Å². The Morgan fingerprint density at radius 1 is 1.29 bits per heavy atom. The van der Waals surface area contributed by atoms with Gasteiger partial charge in [-0.1, -0.05) is 37.3 Å². The van der Waals surface area contributed by atoms with E-state index in [0.717, 1.165) is 6.54 Å². The van der Waals surface area contributed by atoms with Gasteiger partial charge in [0.25, 0.3) is 5.56 Å². The third-order valence-corrected chi connectivity index (χ3v) is 3.07. The molecule has 0 radical (unpaired) electrons. The Hall–Kier alpha value is -1.68. The van der Waals surface area contributed by atoms with E-state index in [1.165, 1.54) is 11.6 Å². The normalized spacial score (nSPS) is 12.3. The van der Waals surface area contributed by atoms with Crippen LogP contribution in [0.15, 0.2) is 47.4 Å². The van der Waals surface area contributed by atoms with Gasteiger partial charge in [-0.2, -0.15) is 0 Å². The van der Waals surface area contributed by atoms with Crippen LogP contribution in [0.5, 0.6) is 0 Å².